The highest BCUT2D eigenvalue weighted by atomic mass is 35.5. The standard InChI is InChI=1S/C22H33N3O2.ClH/c1-16-9-13-25(14-10-16)22(27)19-3-5-20(6-4-19)24-21(26)15-17(2)18-7-11-23-12-8-18;/h3-6,16-18,23H,7-15H2,1-2H3,(H,24,26);1H. The number of likely N-dealkylation sites (tertiary alicyclic amines) is 1. The Morgan fingerprint density at radius 3 is 2.32 bits per heavy atom. The number of hydrogen-bond donors (Lipinski definition) is 2. The summed E-state index contributed by atoms with van der Waals surface area (Å²) in [5.74, 6) is 1.89. The Labute approximate surface area is 175 Å². The Hall–Kier alpha value is -1.59. The third-order valence-electron chi connectivity index (χ3n) is 6.18. The van der Waals surface area contributed by atoms with Gasteiger partial charge >= 0.3 is 0 Å². The van der Waals surface area contributed by atoms with Gasteiger partial charge in [0.1, 0.15) is 0 Å². The number of hydrogen-bond acceptors (Lipinski definition) is 3. The molecule has 0 bridgehead atoms. The molecule has 0 radical (unpaired) electrons. The minimum absolute atomic E-state index is 0. The smallest absolute Gasteiger partial charge is 0.253 e. The average Bonchev–Trinajstić information content (AvgIpc) is 2.69. The summed E-state index contributed by atoms with van der Waals surface area (Å²) in [4.78, 5) is 26.9. The number of benzene rings is 1. The SMILES string of the molecule is CC1CCN(C(=O)c2ccc(NC(=O)CC(C)C3CCNCC3)cc2)CC1.Cl. The van der Waals surface area contributed by atoms with Gasteiger partial charge in [-0.25, -0.2) is 0 Å². The molecule has 2 aliphatic heterocycles. The van der Waals surface area contributed by atoms with Crippen molar-refractivity contribution in [3.05, 3.63) is 29.8 Å². The maximum atomic E-state index is 12.6. The van der Waals surface area contributed by atoms with Crippen LogP contribution in [0.4, 0.5) is 5.69 Å². The average molecular weight is 408 g/mol. The molecule has 1 aromatic rings. The Kier molecular flexibility index (Phi) is 8.77. The minimum Gasteiger partial charge on any atom is -0.339 e. The zero-order valence-electron chi connectivity index (χ0n) is 17.1. The third-order valence-corrected chi connectivity index (χ3v) is 6.18. The van der Waals surface area contributed by atoms with E-state index in [0.717, 1.165) is 57.5 Å². The van der Waals surface area contributed by atoms with Crippen molar-refractivity contribution in [1.82, 2.24) is 10.2 Å². The van der Waals surface area contributed by atoms with E-state index in [4.69, 9.17) is 0 Å². The number of nitrogens with zero attached hydrogens (tertiary/aromatic N) is 1. The molecule has 156 valence electrons. The number of amides is 2. The Balaban J connectivity index is 0.00000280. The van der Waals surface area contributed by atoms with Crippen LogP contribution in [0.5, 0.6) is 0 Å². The molecule has 2 fully saturated rings. The molecule has 3 rings (SSSR count). The van der Waals surface area contributed by atoms with Crippen molar-refractivity contribution >= 4 is 29.9 Å². The Bertz CT molecular complexity index is 636. The van der Waals surface area contributed by atoms with Crippen LogP contribution in [0.2, 0.25) is 0 Å². The molecule has 2 N–H and O–H groups in total. The lowest BCUT2D eigenvalue weighted by molar-refractivity contribution is -0.117. The molecule has 1 unspecified atom stereocenters. The lowest BCUT2D eigenvalue weighted by Gasteiger charge is -2.30. The van der Waals surface area contributed by atoms with Gasteiger partial charge in [0.2, 0.25) is 5.91 Å². The summed E-state index contributed by atoms with van der Waals surface area (Å²) >= 11 is 0. The van der Waals surface area contributed by atoms with Gasteiger partial charge in [-0.05, 0) is 80.8 Å². The second kappa shape index (κ2) is 10.8. The lowest BCUT2D eigenvalue weighted by Crippen LogP contribution is -2.37. The molecular weight excluding hydrogens is 374 g/mol. The van der Waals surface area contributed by atoms with E-state index in [2.05, 4.69) is 24.5 Å². The number of nitrogens with one attached hydrogen (secondary N) is 2. The molecule has 2 amide bonds. The molecule has 28 heavy (non-hydrogen) atoms. The van der Waals surface area contributed by atoms with Crippen LogP contribution in [-0.4, -0.2) is 42.9 Å². The van der Waals surface area contributed by atoms with Crippen molar-refractivity contribution in [3.8, 4) is 0 Å². The predicted molar refractivity (Wildman–Crippen MR) is 116 cm³/mol. The van der Waals surface area contributed by atoms with Gasteiger partial charge in [-0.3, -0.25) is 9.59 Å². The molecule has 6 heteroatoms. The lowest BCUT2D eigenvalue weighted by atomic mass is 9.84. The fourth-order valence-corrected chi connectivity index (χ4v) is 4.17. The fraction of sp³-hybridized carbons (Fsp3) is 0.636. The first-order chi connectivity index (χ1) is 13.0. The third kappa shape index (κ3) is 6.21. The van der Waals surface area contributed by atoms with Crippen LogP contribution in [0, 0.1) is 17.8 Å². The molecule has 1 aromatic carbocycles. The number of carbonyl (C=O) groups excluding carboxylic acids is 2. The summed E-state index contributed by atoms with van der Waals surface area (Å²) < 4.78 is 0. The van der Waals surface area contributed by atoms with E-state index < -0.39 is 0 Å². The van der Waals surface area contributed by atoms with Crippen molar-refractivity contribution in [2.45, 2.75) is 46.0 Å². The van der Waals surface area contributed by atoms with Gasteiger partial charge in [-0.15, -0.1) is 12.4 Å². The van der Waals surface area contributed by atoms with Gasteiger partial charge in [-0.1, -0.05) is 13.8 Å². The highest BCUT2D eigenvalue weighted by molar-refractivity contribution is 5.96. The summed E-state index contributed by atoms with van der Waals surface area (Å²) in [7, 11) is 0. The molecule has 0 aromatic heterocycles. The van der Waals surface area contributed by atoms with Gasteiger partial charge in [0.15, 0.2) is 0 Å². The minimum atomic E-state index is 0. The monoisotopic (exact) mass is 407 g/mol. The van der Waals surface area contributed by atoms with E-state index in [-0.39, 0.29) is 24.2 Å². The summed E-state index contributed by atoms with van der Waals surface area (Å²) in [6, 6.07) is 7.33. The molecule has 0 spiro atoms. The molecule has 0 aliphatic carbocycles. The van der Waals surface area contributed by atoms with Gasteiger partial charge in [0, 0.05) is 30.8 Å². The molecular formula is C22H34ClN3O2. The Morgan fingerprint density at radius 2 is 1.71 bits per heavy atom. The normalized spacial score (nSPS) is 19.6. The first-order valence-electron chi connectivity index (χ1n) is 10.4. The number of halogens is 1. The highest BCUT2D eigenvalue weighted by Gasteiger charge is 2.23. The maximum absolute atomic E-state index is 12.6. The van der Waals surface area contributed by atoms with Gasteiger partial charge < -0.3 is 15.5 Å². The van der Waals surface area contributed by atoms with Crippen LogP contribution in [-0.2, 0) is 4.79 Å². The van der Waals surface area contributed by atoms with Crippen LogP contribution >= 0.6 is 12.4 Å². The van der Waals surface area contributed by atoms with E-state index >= 15 is 0 Å². The zero-order chi connectivity index (χ0) is 19.2. The quantitative estimate of drug-likeness (QED) is 0.776. The van der Waals surface area contributed by atoms with E-state index in [1.165, 1.54) is 0 Å². The molecule has 2 heterocycles. The Morgan fingerprint density at radius 1 is 1.11 bits per heavy atom. The van der Waals surface area contributed by atoms with E-state index in [1.54, 1.807) is 0 Å². The van der Waals surface area contributed by atoms with Crippen LogP contribution in [0.25, 0.3) is 0 Å². The van der Waals surface area contributed by atoms with E-state index in [0.29, 0.717) is 29.7 Å². The number of carbonyl (C=O) groups is 2. The number of rotatable bonds is 5. The summed E-state index contributed by atoms with van der Waals surface area (Å²) in [6.45, 7) is 8.21. The van der Waals surface area contributed by atoms with Crippen molar-refractivity contribution in [2.75, 3.05) is 31.5 Å². The number of anilines is 1. The van der Waals surface area contributed by atoms with Gasteiger partial charge in [0.05, 0.1) is 0 Å². The summed E-state index contributed by atoms with van der Waals surface area (Å²) in [5.41, 5.74) is 1.46. The summed E-state index contributed by atoms with van der Waals surface area (Å²) in [6.07, 6.45) is 5.02. The van der Waals surface area contributed by atoms with Crippen LogP contribution in [0.3, 0.4) is 0 Å². The van der Waals surface area contributed by atoms with Gasteiger partial charge in [-0.2, -0.15) is 0 Å². The summed E-state index contributed by atoms with van der Waals surface area (Å²) in [5, 5.41) is 6.36. The molecule has 2 saturated heterocycles. The van der Waals surface area contributed by atoms with Gasteiger partial charge in [0.25, 0.3) is 5.91 Å². The van der Waals surface area contributed by atoms with Crippen molar-refractivity contribution < 1.29 is 9.59 Å². The van der Waals surface area contributed by atoms with Crippen molar-refractivity contribution in [2.24, 2.45) is 17.8 Å². The second-order valence-electron chi connectivity index (χ2n) is 8.37. The maximum Gasteiger partial charge on any atom is 0.253 e. The van der Waals surface area contributed by atoms with Crippen LogP contribution in [0.1, 0.15) is 56.3 Å². The van der Waals surface area contributed by atoms with E-state index in [1.807, 2.05) is 29.2 Å². The fourth-order valence-electron chi connectivity index (χ4n) is 4.17. The van der Waals surface area contributed by atoms with Crippen LogP contribution < -0.4 is 10.6 Å². The highest BCUT2D eigenvalue weighted by Crippen LogP contribution is 2.25. The first kappa shape index (κ1) is 22.7. The molecule has 0 saturated carbocycles. The molecule has 2 aliphatic rings. The molecule has 5 nitrogen and oxygen atoms in total. The van der Waals surface area contributed by atoms with E-state index in [9.17, 15) is 9.59 Å². The van der Waals surface area contributed by atoms with Crippen molar-refractivity contribution in [3.63, 3.8) is 0 Å². The number of piperidine rings is 2. The first-order valence-corrected chi connectivity index (χ1v) is 10.4. The predicted octanol–water partition coefficient (Wildman–Crippen LogP) is 3.94. The zero-order valence-corrected chi connectivity index (χ0v) is 17.9. The van der Waals surface area contributed by atoms with Crippen molar-refractivity contribution in [1.29, 1.82) is 0 Å². The molecule has 1 atom stereocenters. The second-order valence-corrected chi connectivity index (χ2v) is 8.37. The topological polar surface area (TPSA) is 61.4 Å². The van der Waals surface area contributed by atoms with Crippen LogP contribution in [0.15, 0.2) is 24.3 Å². The largest absolute Gasteiger partial charge is 0.339 e.